The summed E-state index contributed by atoms with van der Waals surface area (Å²) in [7, 11) is 6.67. The van der Waals surface area contributed by atoms with E-state index in [2.05, 4.69) is 102 Å². The predicted molar refractivity (Wildman–Crippen MR) is 163 cm³/mol. The van der Waals surface area contributed by atoms with Gasteiger partial charge in [-0.15, -0.1) is 5.10 Å². The Labute approximate surface area is 247 Å². The number of benzene rings is 4. The fourth-order valence-corrected chi connectivity index (χ4v) is 4.62. The number of anilines is 1. The molecule has 5 rings (SSSR count). The van der Waals surface area contributed by atoms with Gasteiger partial charge in [-0.2, -0.15) is 15.3 Å². The van der Waals surface area contributed by atoms with E-state index >= 15 is 0 Å². The molecule has 1 aliphatic carbocycles. The Bertz CT molecular complexity index is 1470. The van der Waals surface area contributed by atoms with Crippen LogP contribution in [0.3, 0.4) is 0 Å². The molecule has 0 atom stereocenters. The van der Waals surface area contributed by atoms with E-state index in [1.807, 2.05) is 48.5 Å². The molecule has 0 spiro atoms. The van der Waals surface area contributed by atoms with Crippen molar-refractivity contribution in [3.05, 3.63) is 114 Å². The highest BCUT2D eigenvalue weighted by Crippen LogP contribution is 2.36. The van der Waals surface area contributed by atoms with Gasteiger partial charge in [-0.3, -0.25) is 0 Å². The van der Waals surface area contributed by atoms with Crippen molar-refractivity contribution in [1.82, 2.24) is 0 Å². The summed E-state index contributed by atoms with van der Waals surface area (Å²) in [6.45, 7) is 5.27. The molecule has 4 aromatic carbocycles. The summed E-state index contributed by atoms with van der Waals surface area (Å²) in [4.78, 5) is 2.39. The topological polar surface area (TPSA) is 52.7 Å². The first-order valence-electron chi connectivity index (χ1n) is 13.4. The number of hydrogen-bond donors (Lipinski definition) is 0. The van der Waals surface area contributed by atoms with Crippen LogP contribution in [0.25, 0.3) is 11.1 Å². The molecule has 0 saturated heterocycles. The largest absolute Gasteiger partial charge is 1.00 e. The molecular weight excluding hydrogens is 560 g/mol. The van der Waals surface area contributed by atoms with Crippen LogP contribution < -0.4 is 21.9 Å². The maximum absolute atomic E-state index is 4.59. The molecular formula is C33H35BrN6. The fourth-order valence-electron chi connectivity index (χ4n) is 4.62. The van der Waals surface area contributed by atoms with Gasteiger partial charge in [-0.05, 0) is 60.0 Å². The van der Waals surface area contributed by atoms with Crippen molar-refractivity contribution in [3.63, 3.8) is 0 Å². The number of hydrogen-bond acceptors (Lipinski definition) is 5. The van der Waals surface area contributed by atoms with Crippen LogP contribution in [0.1, 0.15) is 23.6 Å². The van der Waals surface area contributed by atoms with Crippen molar-refractivity contribution >= 4 is 29.0 Å². The third-order valence-corrected chi connectivity index (χ3v) is 6.83. The standard InChI is InChI=1S/C33H35N6.BrH/c1-5-38(22-23-39(2,3)4)28-20-18-27(19-21-28)36-35-26-16-14-25(15-17-26)24-34-37-33-31-12-8-6-10-29(31)30-11-7-9-13-32(30)33;/h6-21,24H,5,22-23H2,1-4H3;1H/q+1;/p-1. The highest BCUT2D eigenvalue weighted by atomic mass is 79.9. The Balaban J connectivity index is 0.00000370. The monoisotopic (exact) mass is 594 g/mol. The Morgan fingerprint density at radius 3 is 1.68 bits per heavy atom. The zero-order valence-electron chi connectivity index (χ0n) is 23.5. The van der Waals surface area contributed by atoms with Crippen molar-refractivity contribution in [1.29, 1.82) is 0 Å². The fraction of sp³-hybridized carbons (Fsp3) is 0.212. The Morgan fingerprint density at radius 2 is 1.18 bits per heavy atom. The first-order valence-corrected chi connectivity index (χ1v) is 13.4. The molecule has 0 heterocycles. The summed E-state index contributed by atoms with van der Waals surface area (Å²) in [6, 6.07) is 32.8. The van der Waals surface area contributed by atoms with E-state index in [0.717, 1.165) is 57.9 Å². The van der Waals surface area contributed by atoms with Gasteiger partial charge in [0.2, 0.25) is 0 Å². The molecule has 40 heavy (non-hydrogen) atoms. The molecule has 1 aliphatic rings. The van der Waals surface area contributed by atoms with E-state index in [1.165, 1.54) is 16.8 Å². The van der Waals surface area contributed by atoms with E-state index in [1.54, 1.807) is 6.21 Å². The normalized spacial score (nSPS) is 12.3. The minimum atomic E-state index is 0. The Morgan fingerprint density at radius 1 is 0.675 bits per heavy atom. The summed E-state index contributed by atoms with van der Waals surface area (Å²) in [5.41, 5.74) is 9.33. The number of rotatable bonds is 9. The summed E-state index contributed by atoms with van der Waals surface area (Å²) < 4.78 is 0.949. The molecule has 0 radical (unpaired) electrons. The molecule has 0 fully saturated rings. The third kappa shape index (κ3) is 6.97. The average molecular weight is 596 g/mol. The van der Waals surface area contributed by atoms with E-state index < -0.39 is 0 Å². The lowest BCUT2D eigenvalue weighted by molar-refractivity contribution is -0.868. The number of nitrogens with zero attached hydrogens (tertiary/aromatic N) is 6. The smallest absolute Gasteiger partial charge is 0.101 e. The predicted octanol–water partition coefficient (Wildman–Crippen LogP) is 4.49. The van der Waals surface area contributed by atoms with Gasteiger partial charge in [0.1, 0.15) is 5.71 Å². The van der Waals surface area contributed by atoms with Gasteiger partial charge in [0.25, 0.3) is 0 Å². The maximum atomic E-state index is 4.59. The molecule has 4 aromatic rings. The van der Waals surface area contributed by atoms with Gasteiger partial charge in [0, 0.05) is 23.4 Å². The van der Waals surface area contributed by atoms with Crippen LogP contribution in [0.2, 0.25) is 0 Å². The summed E-state index contributed by atoms with van der Waals surface area (Å²) in [5, 5.41) is 17.8. The van der Waals surface area contributed by atoms with Gasteiger partial charge >= 0.3 is 0 Å². The van der Waals surface area contributed by atoms with Crippen molar-refractivity contribution < 1.29 is 21.5 Å². The highest BCUT2D eigenvalue weighted by molar-refractivity contribution is 6.24. The maximum Gasteiger partial charge on any atom is 0.101 e. The third-order valence-electron chi connectivity index (χ3n) is 6.83. The number of fused-ring (bicyclic) bond motifs is 3. The lowest BCUT2D eigenvalue weighted by atomic mass is 10.1. The van der Waals surface area contributed by atoms with Crippen molar-refractivity contribution in [2.24, 2.45) is 20.4 Å². The van der Waals surface area contributed by atoms with Crippen LogP contribution in [-0.2, 0) is 0 Å². The SMILES string of the molecule is CCN(CC[N+](C)(C)C)c1ccc(N=Nc2ccc(C=NN=C3c4ccccc4-c4ccccc43)cc2)cc1.[Br-]. The van der Waals surface area contributed by atoms with E-state index in [-0.39, 0.29) is 17.0 Å². The van der Waals surface area contributed by atoms with Gasteiger partial charge in [-0.25, -0.2) is 0 Å². The summed E-state index contributed by atoms with van der Waals surface area (Å²) in [5.74, 6) is 0. The summed E-state index contributed by atoms with van der Waals surface area (Å²) >= 11 is 0. The minimum Gasteiger partial charge on any atom is -1.00 e. The molecule has 0 aromatic heterocycles. The minimum absolute atomic E-state index is 0. The van der Waals surface area contributed by atoms with Crippen molar-refractivity contribution in [2.45, 2.75) is 6.92 Å². The van der Waals surface area contributed by atoms with Crippen LogP contribution >= 0.6 is 0 Å². The molecule has 7 heteroatoms. The number of halogens is 1. The Hall–Kier alpha value is -3.94. The van der Waals surface area contributed by atoms with Crippen LogP contribution in [0.5, 0.6) is 0 Å². The van der Waals surface area contributed by atoms with Crippen molar-refractivity contribution in [2.75, 3.05) is 45.7 Å². The molecule has 204 valence electrons. The molecule has 0 unspecified atom stereocenters. The zero-order chi connectivity index (χ0) is 27.2. The molecule has 0 amide bonds. The molecule has 0 aliphatic heterocycles. The van der Waals surface area contributed by atoms with E-state index in [0.29, 0.717) is 0 Å². The Kier molecular flexibility index (Phi) is 9.40. The molecule has 0 saturated carbocycles. The van der Waals surface area contributed by atoms with Gasteiger partial charge < -0.3 is 26.4 Å². The van der Waals surface area contributed by atoms with E-state index in [9.17, 15) is 0 Å². The molecule has 0 bridgehead atoms. The second kappa shape index (κ2) is 12.9. The van der Waals surface area contributed by atoms with Gasteiger partial charge in [0.05, 0.1) is 51.8 Å². The van der Waals surface area contributed by atoms with Crippen molar-refractivity contribution in [3.8, 4) is 11.1 Å². The molecule has 0 N–H and O–H groups in total. The van der Waals surface area contributed by atoms with Crippen LogP contribution in [-0.4, -0.2) is 57.2 Å². The van der Waals surface area contributed by atoms with Crippen LogP contribution in [0.4, 0.5) is 17.1 Å². The zero-order valence-corrected chi connectivity index (χ0v) is 25.1. The lowest BCUT2D eigenvalue weighted by Gasteiger charge is -2.29. The number of azo groups is 1. The number of likely N-dealkylation sites (N-methyl/N-ethyl adjacent to an activating group) is 2. The number of quaternary nitrogens is 1. The highest BCUT2D eigenvalue weighted by Gasteiger charge is 2.23. The average Bonchev–Trinajstić information content (AvgIpc) is 3.27. The van der Waals surface area contributed by atoms with Gasteiger partial charge in [0.15, 0.2) is 0 Å². The van der Waals surface area contributed by atoms with E-state index in [4.69, 9.17) is 0 Å². The van der Waals surface area contributed by atoms with Gasteiger partial charge in [-0.1, -0.05) is 60.7 Å². The lowest BCUT2D eigenvalue weighted by Crippen LogP contribution is -3.00. The second-order valence-corrected chi connectivity index (χ2v) is 10.7. The molecule has 6 nitrogen and oxygen atoms in total. The quantitative estimate of drug-likeness (QED) is 0.107. The summed E-state index contributed by atoms with van der Waals surface area (Å²) in [6.07, 6.45) is 1.77. The van der Waals surface area contributed by atoms with Crippen LogP contribution in [0.15, 0.2) is 117 Å². The van der Waals surface area contributed by atoms with Crippen LogP contribution in [0, 0.1) is 0 Å². The first kappa shape index (κ1) is 29.1. The first-order chi connectivity index (χ1) is 18.9. The second-order valence-electron chi connectivity index (χ2n) is 10.7.